The quantitative estimate of drug-likeness (QED) is 0.900. The Morgan fingerprint density at radius 3 is 3.12 bits per heavy atom. The normalized spacial score (nSPS) is 19.2. The van der Waals surface area contributed by atoms with E-state index in [2.05, 4.69) is 33.2 Å². The number of hydrogen-bond donors (Lipinski definition) is 1. The maximum absolute atomic E-state index is 13.6. The van der Waals surface area contributed by atoms with Crippen LogP contribution in [0.25, 0.3) is 0 Å². The molecule has 1 unspecified atom stereocenters. The topological polar surface area (TPSA) is 24.4 Å². The van der Waals surface area contributed by atoms with Crippen LogP contribution >= 0.6 is 27.7 Å². The number of hydrogen-bond acceptors (Lipinski definition) is 3. The zero-order chi connectivity index (χ0) is 12.3. The van der Waals surface area contributed by atoms with Gasteiger partial charge < -0.3 is 5.32 Å². The zero-order valence-electron chi connectivity index (χ0n) is 9.54. The van der Waals surface area contributed by atoms with Crippen LogP contribution in [-0.2, 0) is 0 Å². The van der Waals surface area contributed by atoms with Gasteiger partial charge in [0.05, 0.1) is 12.2 Å². The van der Waals surface area contributed by atoms with Gasteiger partial charge in [-0.3, -0.25) is 4.99 Å². The summed E-state index contributed by atoms with van der Waals surface area (Å²) in [4.78, 5) is 4.39. The predicted molar refractivity (Wildman–Crippen MR) is 76.3 cm³/mol. The van der Waals surface area contributed by atoms with Crippen LogP contribution in [0.5, 0.6) is 0 Å². The molecule has 1 aromatic carbocycles. The van der Waals surface area contributed by atoms with E-state index in [-0.39, 0.29) is 5.82 Å². The predicted octanol–water partition coefficient (Wildman–Crippen LogP) is 4.27. The lowest BCUT2D eigenvalue weighted by molar-refractivity contribution is 0.631. The third-order valence-electron chi connectivity index (χ3n) is 2.52. The van der Waals surface area contributed by atoms with Crippen molar-refractivity contribution in [2.24, 2.45) is 4.99 Å². The summed E-state index contributed by atoms with van der Waals surface area (Å²) in [5.74, 6) is -0.262. The summed E-state index contributed by atoms with van der Waals surface area (Å²) >= 11 is 5.03. The van der Waals surface area contributed by atoms with Gasteiger partial charge in [0.15, 0.2) is 5.17 Å². The van der Waals surface area contributed by atoms with Crippen LogP contribution in [0.15, 0.2) is 27.7 Å². The Morgan fingerprint density at radius 2 is 2.41 bits per heavy atom. The molecule has 0 saturated heterocycles. The molecule has 1 N–H and O–H groups in total. The lowest BCUT2D eigenvalue weighted by Crippen LogP contribution is -2.09. The third-order valence-corrected chi connectivity index (χ3v) is 4.36. The summed E-state index contributed by atoms with van der Waals surface area (Å²) in [6.45, 7) is 2.99. The molecule has 2 nitrogen and oxygen atoms in total. The summed E-state index contributed by atoms with van der Waals surface area (Å²) < 4.78 is 14.3. The number of nitrogens with one attached hydrogen (secondary N) is 1. The van der Waals surface area contributed by atoms with Crippen molar-refractivity contribution >= 4 is 38.5 Å². The average molecular weight is 317 g/mol. The maximum Gasteiger partial charge on any atom is 0.161 e. The molecule has 0 aliphatic carbocycles. The summed E-state index contributed by atoms with van der Waals surface area (Å²) in [6, 6.07) is 4.93. The van der Waals surface area contributed by atoms with Crippen LogP contribution in [-0.4, -0.2) is 17.0 Å². The molecule has 0 amide bonds. The highest BCUT2D eigenvalue weighted by Crippen LogP contribution is 2.30. The molecule has 0 saturated carbocycles. The van der Waals surface area contributed by atoms with Gasteiger partial charge in [0.2, 0.25) is 0 Å². The first-order valence-electron chi connectivity index (χ1n) is 5.63. The number of thioether (sulfide) groups is 1. The first kappa shape index (κ1) is 12.9. The van der Waals surface area contributed by atoms with Gasteiger partial charge in [-0.2, -0.15) is 0 Å². The Kier molecular flexibility index (Phi) is 4.45. The lowest BCUT2D eigenvalue weighted by atomic mass is 10.2. The lowest BCUT2D eigenvalue weighted by Gasteiger charge is -2.10. The fourth-order valence-electron chi connectivity index (χ4n) is 1.68. The molecule has 0 spiro atoms. The second-order valence-electron chi connectivity index (χ2n) is 3.90. The minimum absolute atomic E-state index is 0.262. The van der Waals surface area contributed by atoms with Gasteiger partial charge in [0.25, 0.3) is 0 Å². The number of halogens is 2. The highest BCUT2D eigenvalue weighted by atomic mass is 79.9. The monoisotopic (exact) mass is 316 g/mol. The zero-order valence-corrected chi connectivity index (χ0v) is 11.9. The summed E-state index contributed by atoms with van der Waals surface area (Å²) in [5, 5.41) is 4.41. The van der Waals surface area contributed by atoms with Crippen molar-refractivity contribution in [2.75, 3.05) is 11.9 Å². The molecule has 0 aromatic heterocycles. The number of anilines is 1. The van der Waals surface area contributed by atoms with Crippen molar-refractivity contribution < 1.29 is 4.39 Å². The van der Waals surface area contributed by atoms with Crippen LogP contribution in [0.2, 0.25) is 0 Å². The Morgan fingerprint density at radius 1 is 1.59 bits per heavy atom. The third kappa shape index (κ3) is 3.22. The Bertz CT molecular complexity index is 416. The summed E-state index contributed by atoms with van der Waals surface area (Å²) in [6.07, 6.45) is 2.31. The average Bonchev–Trinajstić information content (AvgIpc) is 2.72. The Balaban J connectivity index is 2.03. The summed E-state index contributed by atoms with van der Waals surface area (Å²) in [5.41, 5.74) is 0.468. The van der Waals surface area contributed by atoms with E-state index in [9.17, 15) is 4.39 Å². The van der Waals surface area contributed by atoms with Crippen LogP contribution in [0.4, 0.5) is 10.1 Å². The second-order valence-corrected chi connectivity index (χ2v) is 6.04. The Hall–Kier alpha value is -0.550. The fraction of sp³-hybridized carbons (Fsp3) is 0.417. The van der Waals surface area contributed by atoms with Crippen molar-refractivity contribution in [3.05, 3.63) is 28.5 Å². The molecule has 2 rings (SSSR count). The van der Waals surface area contributed by atoms with E-state index in [0.717, 1.165) is 29.0 Å². The van der Waals surface area contributed by atoms with E-state index in [4.69, 9.17) is 0 Å². The van der Waals surface area contributed by atoms with Gasteiger partial charge in [-0.15, -0.1) is 0 Å². The number of amidine groups is 1. The molecule has 5 heteroatoms. The van der Waals surface area contributed by atoms with E-state index in [1.165, 1.54) is 6.07 Å². The van der Waals surface area contributed by atoms with Crippen molar-refractivity contribution in [3.63, 3.8) is 0 Å². The van der Waals surface area contributed by atoms with Crippen molar-refractivity contribution in [1.82, 2.24) is 0 Å². The molecule has 0 radical (unpaired) electrons. The molecule has 1 atom stereocenters. The largest absolute Gasteiger partial charge is 0.332 e. The van der Waals surface area contributed by atoms with E-state index in [0.29, 0.717) is 10.9 Å². The molecule has 1 heterocycles. The van der Waals surface area contributed by atoms with E-state index >= 15 is 0 Å². The van der Waals surface area contributed by atoms with Gasteiger partial charge >= 0.3 is 0 Å². The maximum atomic E-state index is 13.6. The number of benzene rings is 1. The first-order valence-corrected chi connectivity index (χ1v) is 7.30. The van der Waals surface area contributed by atoms with Crippen molar-refractivity contribution in [1.29, 1.82) is 0 Å². The van der Waals surface area contributed by atoms with Crippen molar-refractivity contribution in [2.45, 2.75) is 25.0 Å². The number of para-hydroxylation sites is 1. The fourth-order valence-corrected chi connectivity index (χ4v) is 3.25. The second kappa shape index (κ2) is 5.87. The molecule has 0 bridgehead atoms. The highest BCUT2D eigenvalue weighted by Gasteiger charge is 2.20. The SMILES string of the molecule is CCCC1CN=C(Nc2c(F)cccc2Br)S1. The number of rotatable bonds is 3. The van der Waals surface area contributed by atoms with Gasteiger partial charge in [0, 0.05) is 9.72 Å². The van der Waals surface area contributed by atoms with E-state index in [1.54, 1.807) is 17.8 Å². The van der Waals surface area contributed by atoms with Crippen LogP contribution in [0.1, 0.15) is 19.8 Å². The van der Waals surface area contributed by atoms with Crippen molar-refractivity contribution in [3.8, 4) is 0 Å². The van der Waals surface area contributed by atoms with Gasteiger partial charge in [-0.05, 0) is 34.5 Å². The van der Waals surface area contributed by atoms with Gasteiger partial charge in [-0.25, -0.2) is 4.39 Å². The van der Waals surface area contributed by atoms with Crippen LogP contribution < -0.4 is 5.32 Å². The molecule has 92 valence electrons. The highest BCUT2D eigenvalue weighted by molar-refractivity contribution is 9.10. The molecular formula is C12H14BrFN2S. The number of aliphatic imine (C=N–C) groups is 1. The smallest absolute Gasteiger partial charge is 0.161 e. The van der Waals surface area contributed by atoms with Crippen LogP contribution in [0.3, 0.4) is 0 Å². The minimum atomic E-state index is -0.262. The molecule has 1 aliphatic rings. The molecule has 17 heavy (non-hydrogen) atoms. The molecule has 1 aliphatic heterocycles. The standard InChI is InChI=1S/C12H14BrFN2S/c1-2-4-8-7-15-12(17-8)16-11-9(13)5-3-6-10(11)14/h3,5-6,8H,2,4,7H2,1H3,(H,15,16). The van der Waals surface area contributed by atoms with Gasteiger partial charge in [0.1, 0.15) is 5.82 Å². The minimum Gasteiger partial charge on any atom is -0.332 e. The molecule has 0 fully saturated rings. The molecule has 1 aromatic rings. The summed E-state index contributed by atoms with van der Waals surface area (Å²) in [7, 11) is 0. The van der Waals surface area contributed by atoms with Crippen LogP contribution in [0, 0.1) is 5.82 Å². The number of nitrogens with zero attached hydrogens (tertiary/aromatic N) is 1. The van der Waals surface area contributed by atoms with E-state index < -0.39 is 0 Å². The van der Waals surface area contributed by atoms with E-state index in [1.807, 2.05) is 6.07 Å². The first-order chi connectivity index (χ1) is 8.20. The van der Waals surface area contributed by atoms with Gasteiger partial charge in [-0.1, -0.05) is 31.2 Å². The Labute approximate surface area is 113 Å². The molecular weight excluding hydrogens is 303 g/mol.